The molecule has 9 heteroatoms. The monoisotopic (exact) mass is 521 g/mol. The van der Waals surface area contributed by atoms with Crippen LogP contribution in [0.5, 0.6) is 0 Å². The molecule has 2 aromatic carbocycles. The van der Waals surface area contributed by atoms with Crippen LogP contribution in [-0.2, 0) is 35.3 Å². The average molecular weight is 522 g/mol. The topological polar surface area (TPSA) is 120 Å². The van der Waals surface area contributed by atoms with Crippen LogP contribution >= 0.6 is 23.1 Å². The molecule has 3 N–H and O–H groups in total. The highest BCUT2D eigenvalue weighted by atomic mass is 32.2. The van der Waals surface area contributed by atoms with Crippen molar-refractivity contribution in [3.63, 3.8) is 0 Å². The van der Waals surface area contributed by atoms with Crippen molar-refractivity contribution in [3.05, 3.63) is 80.8 Å². The zero-order valence-electron chi connectivity index (χ0n) is 20.6. The van der Waals surface area contributed by atoms with Crippen LogP contribution in [0.1, 0.15) is 51.5 Å². The number of thioether (sulfide) groups is 1. The molecule has 0 atom stereocenters. The first kappa shape index (κ1) is 27.4. The van der Waals surface area contributed by atoms with Crippen molar-refractivity contribution >= 4 is 45.0 Å². The van der Waals surface area contributed by atoms with Gasteiger partial charge in [-0.3, -0.25) is 20.4 Å². The Hall–Kier alpha value is -3.17. The standard InChI is InChI=1S/C27H31N5O2S2/c1-18-7-5-9-20(13-18)15-22(33)17-26-32-31-25(36-26)12-4-3-11-23(28)35-27(29)30-24(34)16-21-10-6-8-19(2)14-21/h5-10,13-14,28H,3-4,11-12,15-17H2,1-2H3,(H2,29,30,34). The molecule has 0 radical (unpaired) electrons. The number of aromatic nitrogens is 2. The smallest absolute Gasteiger partial charge is 0.230 e. The summed E-state index contributed by atoms with van der Waals surface area (Å²) in [6, 6.07) is 15.7. The largest absolute Gasteiger partial charge is 0.305 e. The summed E-state index contributed by atoms with van der Waals surface area (Å²) in [5, 5.41) is 28.9. The van der Waals surface area contributed by atoms with Crippen molar-refractivity contribution in [2.24, 2.45) is 0 Å². The second-order valence-electron chi connectivity index (χ2n) is 8.75. The van der Waals surface area contributed by atoms with Crippen LogP contribution in [0, 0.1) is 24.7 Å². The van der Waals surface area contributed by atoms with Gasteiger partial charge in [-0.25, -0.2) is 0 Å². The Balaban J connectivity index is 1.31. The summed E-state index contributed by atoms with van der Waals surface area (Å²) in [5.74, 6) is -0.127. The summed E-state index contributed by atoms with van der Waals surface area (Å²) in [4.78, 5) is 24.5. The van der Waals surface area contributed by atoms with Crippen molar-refractivity contribution in [1.29, 1.82) is 10.8 Å². The number of rotatable bonds is 11. The van der Waals surface area contributed by atoms with Gasteiger partial charge in [0.15, 0.2) is 5.17 Å². The summed E-state index contributed by atoms with van der Waals surface area (Å²) in [6.45, 7) is 3.99. The summed E-state index contributed by atoms with van der Waals surface area (Å²) >= 11 is 2.44. The first-order valence-corrected chi connectivity index (χ1v) is 13.5. The van der Waals surface area contributed by atoms with Crippen molar-refractivity contribution in [2.75, 3.05) is 0 Å². The van der Waals surface area contributed by atoms with E-state index in [0.29, 0.717) is 24.3 Å². The number of amides is 1. The number of amidine groups is 1. The number of carbonyl (C=O) groups excluding carboxylic acids is 2. The Morgan fingerprint density at radius 2 is 1.53 bits per heavy atom. The molecule has 0 spiro atoms. The van der Waals surface area contributed by atoms with Gasteiger partial charge in [0.1, 0.15) is 15.8 Å². The van der Waals surface area contributed by atoms with E-state index in [-0.39, 0.29) is 23.3 Å². The van der Waals surface area contributed by atoms with Crippen molar-refractivity contribution in [3.8, 4) is 0 Å². The van der Waals surface area contributed by atoms with E-state index in [1.54, 1.807) is 0 Å². The number of aryl methyl sites for hydroxylation is 3. The molecular formula is C27H31N5O2S2. The highest BCUT2D eigenvalue weighted by Gasteiger charge is 2.12. The SMILES string of the molecule is Cc1cccc(CC(=O)Cc2nnc(CCCCC(=N)SC(=N)NC(=O)Cc3cccc(C)c3)s2)c1. The van der Waals surface area contributed by atoms with Crippen LogP contribution in [-0.4, -0.2) is 32.1 Å². The van der Waals surface area contributed by atoms with Crippen molar-refractivity contribution in [2.45, 2.75) is 58.8 Å². The van der Waals surface area contributed by atoms with E-state index in [1.807, 2.05) is 62.4 Å². The van der Waals surface area contributed by atoms with Crippen LogP contribution < -0.4 is 5.32 Å². The number of ketones is 1. The molecule has 7 nitrogen and oxygen atoms in total. The number of nitrogens with zero attached hydrogens (tertiary/aromatic N) is 2. The Morgan fingerprint density at radius 3 is 2.19 bits per heavy atom. The van der Waals surface area contributed by atoms with E-state index in [9.17, 15) is 9.59 Å². The lowest BCUT2D eigenvalue weighted by molar-refractivity contribution is -0.119. The minimum absolute atomic E-state index is 0.0262. The van der Waals surface area contributed by atoms with E-state index >= 15 is 0 Å². The van der Waals surface area contributed by atoms with Gasteiger partial charge in [0.25, 0.3) is 0 Å². The molecule has 188 valence electrons. The maximum Gasteiger partial charge on any atom is 0.230 e. The minimum Gasteiger partial charge on any atom is -0.305 e. The molecule has 36 heavy (non-hydrogen) atoms. The number of nitrogens with one attached hydrogen (secondary N) is 3. The first-order valence-electron chi connectivity index (χ1n) is 11.8. The number of Topliss-reactive ketones (excluding diaryl/α,β-unsaturated/α-hetero) is 1. The Kier molecular flexibility index (Phi) is 10.5. The van der Waals surface area contributed by atoms with E-state index < -0.39 is 0 Å². The summed E-state index contributed by atoms with van der Waals surface area (Å²) < 4.78 is 0. The second kappa shape index (κ2) is 13.8. The van der Waals surface area contributed by atoms with Gasteiger partial charge in [0.2, 0.25) is 5.91 Å². The van der Waals surface area contributed by atoms with Crippen molar-refractivity contribution in [1.82, 2.24) is 15.5 Å². The van der Waals surface area contributed by atoms with Gasteiger partial charge in [0, 0.05) is 12.8 Å². The van der Waals surface area contributed by atoms with Crippen LogP contribution in [0.25, 0.3) is 0 Å². The zero-order valence-corrected chi connectivity index (χ0v) is 22.2. The first-order chi connectivity index (χ1) is 17.3. The predicted molar refractivity (Wildman–Crippen MR) is 147 cm³/mol. The molecule has 1 amide bonds. The van der Waals surface area contributed by atoms with Gasteiger partial charge in [-0.05, 0) is 56.0 Å². The number of hydrogen-bond acceptors (Lipinski definition) is 8. The lowest BCUT2D eigenvalue weighted by Crippen LogP contribution is -2.29. The Morgan fingerprint density at radius 1 is 0.889 bits per heavy atom. The number of hydrogen-bond donors (Lipinski definition) is 3. The molecule has 0 saturated heterocycles. The van der Waals surface area contributed by atoms with Gasteiger partial charge < -0.3 is 5.32 Å². The van der Waals surface area contributed by atoms with E-state index in [2.05, 4.69) is 15.5 Å². The average Bonchev–Trinajstić information content (AvgIpc) is 3.23. The summed E-state index contributed by atoms with van der Waals surface area (Å²) in [6.07, 6.45) is 3.79. The van der Waals surface area contributed by atoms with Gasteiger partial charge in [-0.15, -0.1) is 21.5 Å². The molecule has 3 aromatic rings. The van der Waals surface area contributed by atoms with E-state index in [0.717, 1.165) is 63.3 Å². The van der Waals surface area contributed by atoms with Gasteiger partial charge in [0.05, 0.1) is 17.9 Å². The van der Waals surface area contributed by atoms with Crippen LogP contribution in [0.15, 0.2) is 48.5 Å². The Bertz CT molecular complexity index is 1240. The van der Waals surface area contributed by atoms with Gasteiger partial charge >= 0.3 is 0 Å². The van der Waals surface area contributed by atoms with Gasteiger partial charge in [-0.1, -0.05) is 59.7 Å². The minimum atomic E-state index is -0.254. The van der Waals surface area contributed by atoms with E-state index in [1.165, 1.54) is 11.3 Å². The number of carbonyl (C=O) groups is 2. The fourth-order valence-electron chi connectivity index (χ4n) is 3.68. The molecule has 1 aromatic heterocycles. The molecule has 0 unspecified atom stereocenters. The maximum absolute atomic E-state index is 12.4. The van der Waals surface area contributed by atoms with Crippen LogP contribution in [0.4, 0.5) is 0 Å². The molecule has 0 bridgehead atoms. The summed E-state index contributed by atoms with van der Waals surface area (Å²) in [5.41, 5.74) is 4.15. The quantitative estimate of drug-likeness (QED) is 0.181. The molecule has 0 aliphatic heterocycles. The molecule has 1 heterocycles. The summed E-state index contributed by atoms with van der Waals surface area (Å²) in [7, 11) is 0. The molecule has 0 aliphatic carbocycles. The van der Waals surface area contributed by atoms with E-state index in [4.69, 9.17) is 10.8 Å². The molecule has 0 saturated carbocycles. The fraction of sp³-hybridized carbons (Fsp3) is 0.333. The highest BCUT2D eigenvalue weighted by molar-refractivity contribution is 8.26. The van der Waals surface area contributed by atoms with Crippen LogP contribution in [0.3, 0.4) is 0 Å². The third kappa shape index (κ3) is 9.83. The molecular weight excluding hydrogens is 490 g/mol. The Labute approximate surface area is 220 Å². The molecule has 0 aliphatic rings. The zero-order chi connectivity index (χ0) is 25.9. The number of benzene rings is 2. The third-order valence-corrected chi connectivity index (χ3v) is 7.05. The number of unbranched alkanes of at least 4 members (excludes halogenated alkanes) is 1. The second-order valence-corrected chi connectivity index (χ2v) is 11.0. The predicted octanol–water partition coefficient (Wildman–Crippen LogP) is 5.23. The van der Waals surface area contributed by atoms with Crippen molar-refractivity contribution < 1.29 is 9.59 Å². The molecule has 0 fully saturated rings. The van der Waals surface area contributed by atoms with Gasteiger partial charge in [-0.2, -0.15) is 0 Å². The lowest BCUT2D eigenvalue weighted by atomic mass is 10.1. The fourth-order valence-corrected chi connectivity index (χ4v) is 5.25. The third-order valence-electron chi connectivity index (χ3n) is 5.31. The molecule has 3 rings (SSSR count). The lowest BCUT2D eigenvalue weighted by Gasteiger charge is -2.07. The highest BCUT2D eigenvalue weighted by Crippen LogP contribution is 2.17. The maximum atomic E-state index is 12.4. The normalized spacial score (nSPS) is 10.7. The van der Waals surface area contributed by atoms with Crippen LogP contribution in [0.2, 0.25) is 0 Å².